The van der Waals surface area contributed by atoms with Gasteiger partial charge in [-0.2, -0.15) is 5.10 Å². The van der Waals surface area contributed by atoms with Crippen LogP contribution < -0.4 is 0 Å². The van der Waals surface area contributed by atoms with Gasteiger partial charge in [-0.25, -0.2) is 0 Å². The van der Waals surface area contributed by atoms with Gasteiger partial charge >= 0.3 is 0 Å². The van der Waals surface area contributed by atoms with Crippen LogP contribution >= 0.6 is 0 Å². The molecule has 0 radical (unpaired) electrons. The summed E-state index contributed by atoms with van der Waals surface area (Å²) in [7, 11) is 5.93. The average molecular weight is 342 g/mol. The van der Waals surface area contributed by atoms with E-state index < -0.39 is 0 Å². The molecule has 0 bridgehead atoms. The van der Waals surface area contributed by atoms with E-state index in [2.05, 4.69) is 15.0 Å². The molecular weight excluding hydrogens is 316 g/mol. The van der Waals surface area contributed by atoms with Gasteiger partial charge in [-0.15, -0.1) is 0 Å². The molecule has 1 amide bonds. The Balaban J connectivity index is 1.67. The number of carbonyl (C=O) groups excluding carboxylic acids is 1. The first kappa shape index (κ1) is 17.5. The zero-order valence-corrected chi connectivity index (χ0v) is 15.2. The predicted octanol–water partition coefficient (Wildman–Crippen LogP) is 1.57. The van der Waals surface area contributed by atoms with Crippen molar-refractivity contribution in [3.63, 3.8) is 0 Å². The molecule has 2 aromatic heterocycles. The second kappa shape index (κ2) is 7.74. The molecule has 0 spiro atoms. The lowest BCUT2D eigenvalue weighted by Crippen LogP contribution is -2.31. The largest absolute Gasteiger partial charge is 0.334 e. The lowest BCUT2D eigenvalue weighted by molar-refractivity contribution is -0.132. The first-order valence-corrected chi connectivity index (χ1v) is 8.76. The summed E-state index contributed by atoms with van der Waals surface area (Å²) in [6, 6.07) is 2.01. The summed E-state index contributed by atoms with van der Waals surface area (Å²) < 4.78 is 1.82. The molecule has 3 heterocycles. The van der Waals surface area contributed by atoms with Gasteiger partial charge in [0.05, 0.1) is 23.6 Å². The Morgan fingerprint density at radius 3 is 2.92 bits per heavy atom. The van der Waals surface area contributed by atoms with Crippen LogP contribution in [-0.2, 0) is 24.8 Å². The summed E-state index contributed by atoms with van der Waals surface area (Å²) in [6.45, 7) is 1.55. The topological polar surface area (TPSA) is 67.2 Å². The van der Waals surface area contributed by atoms with Crippen molar-refractivity contribution in [2.24, 2.45) is 7.05 Å². The van der Waals surface area contributed by atoms with Gasteiger partial charge in [-0.05, 0) is 39.4 Å². The van der Waals surface area contributed by atoms with Gasteiger partial charge in [-0.3, -0.25) is 19.4 Å². The van der Waals surface area contributed by atoms with Gasteiger partial charge < -0.3 is 9.80 Å². The Morgan fingerprint density at radius 1 is 1.36 bits per heavy atom. The summed E-state index contributed by atoms with van der Waals surface area (Å²) in [4.78, 5) is 25.9. The fourth-order valence-electron chi connectivity index (χ4n) is 3.38. The van der Waals surface area contributed by atoms with Crippen LogP contribution in [0.2, 0.25) is 0 Å². The Labute approximate surface area is 148 Å². The van der Waals surface area contributed by atoms with Crippen LogP contribution in [0, 0.1) is 0 Å². The van der Waals surface area contributed by atoms with E-state index in [1.165, 1.54) is 0 Å². The molecule has 1 atom stereocenters. The number of amides is 1. The molecule has 7 nitrogen and oxygen atoms in total. The molecule has 3 rings (SSSR count). The van der Waals surface area contributed by atoms with Crippen molar-refractivity contribution in [2.45, 2.75) is 38.3 Å². The van der Waals surface area contributed by atoms with Gasteiger partial charge in [0.25, 0.3) is 0 Å². The highest BCUT2D eigenvalue weighted by Crippen LogP contribution is 2.31. The smallest absolute Gasteiger partial charge is 0.223 e. The lowest BCUT2D eigenvalue weighted by atomic mass is 10.1. The molecule has 1 aliphatic rings. The lowest BCUT2D eigenvalue weighted by Gasteiger charge is -2.24. The third-order valence-corrected chi connectivity index (χ3v) is 4.61. The quantitative estimate of drug-likeness (QED) is 0.797. The summed E-state index contributed by atoms with van der Waals surface area (Å²) >= 11 is 0. The minimum Gasteiger partial charge on any atom is -0.334 e. The van der Waals surface area contributed by atoms with Gasteiger partial charge in [0.2, 0.25) is 5.91 Å². The molecule has 0 aromatic carbocycles. The highest BCUT2D eigenvalue weighted by atomic mass is 16.2. The van der Waals surface area contributed by atoms with Crippen molar-refractivity contribution < 1.29 is 4.79 Å². The SMILES string of the molecule is CN(C)Cc1cncc([C@@H]2CCCN2C(=O)CCc2ccnn2C)n1. The summed E-state index contributed by atoms with van der Waals surface area (Å²) in [5.41, 5.74) is 2.93. The molecule has 134 valence electrons. The Morgan fingerprint density at radius 2 is 2.20 bits per heavy atom. The van der Waals surface area contributed by atoms with E-state index in [0.29, 0.717) is 12.8 Å². The zero-order valence-electron chi connectivity index (χ0n) is 15.2. The maximum atomic E-state index is 12.7. The van der Waals surface area contributed by atoms with Gasteiger partial charge in [0.1, 0.15) is 0 Å². The number of hydrogen-bond donors (Lipinski definition) is 0. The van der Waals surface area contributed by atoms with Gasteiger partial charge in [-0.1, -0.05) is 0 Å². The van der Waals surface area contributed by atoms with Gasteiger partial charge in [0, 0.05) is 44.6 Å². The maximum Gasteiger partial charge on any atom is 0.223 e. The van der Waals surface area contributed by atoms with Crippen molar-refractivity contribution in [3.8, 4) is 0 Å². The number of carbonyl (C=O) groups is 1. The molecule has 0 aliphatic carbocycles. The molecular formula is C18H26N6O. The molecule has 0 unspecified atom stereocenters. The Bertz CT molecular complexity index is 726. The predicted molar refractivity (Wildman–Crippen MR) is 94.6 cm³/mol. The summed E-state index contributed by atoms with van der Waals surface area (Å²) in [6.07, 6.45) is 8.55. The second-order valence-corrected chi connectivity index (χ2v) is 6.86. The van der Waals surface area contributed by atoms with E-state index >= 15 is 0 Å². The maximum absolute atomic E-state index is 12.7. The molecule has 0 N–H and O–H groups in total. The monoisotopic (exact) mass is 342 g/mol. The molecule has 1 saturated heterocycles. The molecule has 1 fully saturated rings. The normalized spacial score (nSPS) is 17.4. The third kappa shape index (κ3) is 4.22. The van der Waals surface area contributed by atoms with Crippen molar-refractivity contribution in [1.82, 2.24) is 29.5 Å². The Hall–Kier alpha value is -2.28. The van der Waals surface area contributed by atoms with Crippen LogP contribution in [0.15, 0.2) is 24.7 Å². The van der Waals surface area contributed by atoms with E-state index in [1.807, 2.05) is 36.8 Å². The highest BCUT2D eigenvalue weighted by molar-refractivity contribution is 5.77. The summed E-state index contributed by atoms with van der Waals surface area (Å²) in [5, 5.41) is 4.16. The number of aromatic nitrogens is 4. The van der Waals surface area contributed by atoms with E-state index in [1.54, 1.807) is 18.6 Å². The molecule has 0 saturated carbocycles. The van der Waals surface area contributed by atoms with Crippen LogP contribution in [0.25, 0.3) is 0 Å². The average Bonchev–Trinajstić information content (AvgIpc) is 3.21. The fraction of sp³-hybridized carbons (Fsp3) is 0.556. The number of aryl methyl sites for hydroxylation is 2. The summed E-state index contributed by atoms with van der Waals surface area (Å²) in [5.74, 6) is 0.184. The highest BCUT2D eigenvalue weighted by Gasteiger charge is 2.31. The molecule has 7 heteroatoms. The third-order valence-electron chi connectivity index (χ3n) is 4.61. The van der Waals surface area contributed by atoms with E-state index in [-0.39, 0.29) is 11.9 Å². The van der Waals surface area contributed by atoms with Crippen LogP contribution in [-0.4, -0.2) is 56.1 Å². The van der Waals surface area contributed by atoms with E-state index in [0.717, 1.165) is 43.0 Å². The van der Waals surface area contributed by atoms with Crippen molar-refractivity contribution in [1.29, 1.82) is 0 Å². The van der Waals surface area contributed by atoms with Crippen LogP contribution in [0.3, 0.4) is 0 Å². The molecule has 2 aromatic rings. The first-order chi connectivity index (χ1) is 12.0. The first-order valence-electron chi connectivity index (χ1n) is 8.76. The van der Waals surface area contributed by atoms with Crippen LogP contribution in [0.4, 0.5) is 0 Å². The number of rotatable bonds is 6. The minimum absolute atomic E-state index is 0.0497. The molecule has 1 aliphatic heterocycles. The number of hydrogen-bond acceptors (Lipinski definition) is 5. The number of likely N-dealkylation sites (tertiary alicyclic amines) is 1. The van der Waals surface area contributed by atoms with E-state index in [4.69, 9.17) is 4.98 Å². The van der Waals surface area contributed by atoms with Gasteiger partial charge in [0.15, 0.2) is 0 Å². The fourth-order valence-corrected chi connectivity index (χ4v) is 3.38. The Kier molecular flexibility index (Phi) is 5.43. The van der Waals surface area contributed by atoms with E-state index in [9.17, 15) is 4.79 Å². The zero-order chi connectivity index (χ0) is 17.8. The van der Waals surface area contributed by atoms with Crippen LogP contribution in [0.5, 0.6) is 0 Å². The molecule has 25 heavy (non-hydrogen) atoms. The van der Waals surface area contributed by atoms with Crippen LogP contribution in [0.1, 0.15) is 42.4 Å². The number of nitrogens with zero attached hydrogens (tertiary/aromatic N) is 6. The van der Waals surface area contributed by atoms with Crippen molar-refractivity contribution in [3.05, 3.63) is 41.7 Å². The second-order valence-electron chi connectivity index (χ2n) is 6.86. The standard InChI is InChI=1S/C18H26N6O/c1-22(2)13-14-11-19-12-16(21-14)17-5-4-10-24(17)18(25)7-6-15-8-9-20-23(15)3/h8-9,11-12,17H,4-7,10,13H2,1-3H3/t17-/m0/s1. The minimum atomic E-state index is 0.0497. The van der Waals surface area contributed by atoms with Crippen molar-refractivity contribution >= 4 is 5.91 Å². The van der Waals surface area contributed by atoms with Crippen molar-refractivity contribution in [2.75, 3.05) is 20.6 Å².